The number of benzene rings is 2. The third-order valence-corrected chi connectivity index (χ3v) is 3.25. The number of aldehydes is 1. The van der Waals surface area contributed by atoms with Crippen molar-refractivity contribution in [1.29, 1.82) is 0 Å². The molecule has 0 saturated heterocycles. The quantitative estimate of drug-likeness (QED) is 0.513. The summed E-state index contributed by atoms with van der Waals surface area (Å²) >= 11 is 3.21. The van der Waals surface area contributed by atoms with Crippen molar-refractivity contribution in [2.75, 3.05) is 5.32 Å². The third-order valence-electron chi connectivity index (χ3n) is 2.76. The first-order valence-electron chi connectivity index (χ1n) is 5.82. The van der Waals surface area contributed by atoms with Crippen LogP contribution in [0.3, 0.4) is 0 Å². The summed E-state index contributed by atoms with van der Waals surface area (Å²) in [5.74, 6) is 0. The minimum Gasteiger partial charge on any atom is -0.375 e. The second-order valence-corrected chi connectivity index (χ2v) is 5.05. The summed E-state index contributed by atoms with van der Waals surface area (Å²) in [5.41, 5.74) is 2.01. The Hall–Kier alpha value is -2.21. The Morgan fingerprint density at radius 3 is 2.50 bits per heavy atom. The third kappa shape index (κ3) is 3.42. The topological polar surface area (TPSA) is 72.2 Å². The summed E-state index contributed by atoms with van der Waals surface area (Å²) in [6, 6.07) is 11.9. The Labute approximate surface area is 123 Å². The van der Waals surface area contributed by atoms with Crippen molar-refractivity contribution >= 4 is 33.6 Å². The summed E-state index contributed by atoms with van der Waals surface area (Å²) in [4.78, 5) is 21.1. The van der Waals surface area contributed by atoms with E-state index in [1.165, 1.54) is 6.07 Å². The van der Waals surface area contributed by atoms with Crippen molar-refractivity contribution in [3.8, 4) is 0 Å². The number of hydrogen-bond donors (Lipinski definition) is 1. The van der Waals surface area contributed by atoms with E-state index >= 15 is 0 Å². The minimum absolute atomic E-state index is 0.0175. The zero-order valence-corrected chi connectivity index (χ0v) is 12.0. The van der Waals surface area contributed by atoms with E-state index in [0.29, 0.717) is 22.3 Å². The van der Waals surface area contributed by atoms with Crippen LogP contribution in [0.15, 0.2) is 46.9 Å². The van der Waals surface area contributed by atoms with Gasteiger partial charge in [0.2, 0.25) is 0 Å². The van der Waals surface area contributed by atoms with Gasteiger partial charge in [-0.05, 0) is 17.7 Å². The van der Waals surface area contributed by atoms with Crippen LogP contribution in [-0.4, -0.2) is 11.2 Å². The fourth-order valence-electron chi connectivity index (χ4n) is 1.72. The molecule has 5 nitrogen and oxygen atoms in total. The maximum atomic E-state index is 11.0. The molecule has 0 radical (unpaired) electrons. The first-order valence-corrected chi connectivity index (χ1v) is 6.61. The Morgan fingerprint density at radius 1 is 1.20 bits per heavy atom. The first kappa shape index (κ1) is 14.2. The van der Waals surface area contributed by atoms with Crippen LogP contribution in [-0.2, 0) is 6.54 Å². The van der Waals surface area contributed by atoms with Gasteiger partial charge in [0.15, 0.2) is 0 Å². The first-order chi connectivity index (χ1) is 9.60. The lowest BCUT2D eigenvalue weighted by Gasteiger charge is -2.07. The lowest BCUT2D eigenvalue weighted by Crippen LogP contribution is -2.02. The minimum atomic E-state index is -0.428. The van der Waals surface area contributed by atoms with Crippen LogP contribution in [0.5, 0.6) is 0 Å². The Kier molecular flexibility index (Phi) is 4.47. The van der Waals surface area contributed by atoms with Crippen molar-refractivity contribution in [2.24, 2.45) is 0 Å². The van der Waals surface area contributed by atoms with Gasteiger partial charge < -0.3 is 5.32 Å². The number of carbonyl (C=O) groups excluding carboxylic acids is 1. The summed E-state index contributed by atoms with van der Waals surface area (Å²) in [6.07, 6.45) is 0.775. The number of anilines is 1. The largest absolute Gasteiger partial charge is 0.375 e. The fourth-order valence-corrected chi connectivity index (χ4v) is 2.07. The van der Waals surface area contributed by atoms with E-state index in [4.69, 9.17) is 0 Å². The second kappa shape index (κ2) is 6.29. The van der Waals surface area contributed by atoms with Gasteiger partial charge in [0.25, 0.3) is 5.69 Å². The molecule has 0 saturated carbocycles. The summed E-state index contributed by atoms with van der Waals surface area (Å²) < 4.78 is 0.657. The van der Waals surface area contributed by atoms with Gasteiger partial charge in [0.05, 0.1) is 4.92 Å². The molecule has 20 heavy (non-hydrogen) atoms. The molecule has 0 aliphatic carbocycles. The molecule has 2 aromatic rings. The van der Waals surface area contributed by atoms with Gasteiger partial charge in [0, 0.05) is 22.6 Å². The number of nitro groups is 1. The molecule has 0 aliphatic heterocycles. The van der Waals surface area contributed by atoms with Gasteiger partial charge in [0.1, 0.15) is 12.0 Å². The van der Waals surface area contributed by atoms with Gasteiger partial charge in [-0.25, -0.2) is 0 Å². The Bertz CT molecular complexity index is 641. The molecule has 0 atom stereocenters. The molecule has 0 spiro atoms. The highest BCUT2D eigenvalue weighted by molar-refractivity contribution is 9.10. The lowest BCUT2D eigenvalue weighted by atomic mass is 10.1. The molecule has 0 heterocycles. The highest BCUT2D eigenvalue weighted by Gasteiger charge is 2.13. The van der Waals surface area contributed by atoms with Crippen molar-refractivity contribution in [3.63, 3.8) is 0 Å². The summed E-state index contributed by atoms with van der Waals surface area (Å²) in [6.45, 7) is 0.446. The van der Waals surface area contributed by atoms with E-state index in [0.717, 1.165) is 11.8 Å². The molecule has 0 aliphatic rings. The van der Waals surface area contributed by atoms with Crippen molar-refractivity contribution < 1.29 is 9.72 Å². The average Bonchev–Trinajstić information content (AvgIpc) is 2.46. The van der Waals surface area contributed by atoms with Gasteiger partial charge in [-0.2, -0.15) is 0 Å². The molecule has 0 amide bonds. The molecular weight excluding hydrogens is 324 g/mol. The highest BCUT2D eigenvalue weighted by Crippen LogP contribution is 2.28. The van der Waals surface area contributed by atoms with Crippen LogP contribution >= 0.6 is 15.9 Å². The predicted molar refractivity (Wildman–Crippen MR) is 80.0 cm³/mol. The maximum Gasteiger partial charge on any atom is 0.293 e. The van der Waals surface area contributed by atoms with Crippen LogP contribution in [0, 0.1) is 10.1 Å². The maximum absolute atomic E-state index is 11.0. The summed E-state index contributed by atoms with van der Waals surface area (Å²) in [5, 5.41) is 14.0. The molecule has 0 aromatic heterocycles. The molecule has 2 aromatic carbocycles. The number of nitrogens with zero attached hydrogens (tertiary/aromatic N) is 1. The lowest BCUT2D eigenvalue weighted by molar-refractivity contribution is -0.384. The van der Waals surface area contributed by atoms with Gasteiger partial charge in [-0.15, -0.1) is 0 Å². The average molecular weight is 335 g/mol. The predicted octanol–water partition coefficient (Wildman–Crippen LogP) is 3.78. The Morgan fingerprint density at radius 2 is 1.90 bits per heavy atom. The number of nitro benzene ring substituents is 1. The molecular formula is C14H11BrN2O3. The van der Waals surface area contributed by atoms with Gasteiger partial charge in [-0.3, -0.25) is 14.9 Å². The molecule has 0 unspecified atom stereocenters. The van der Waals surface area contributed by atoms with E-state index in [1.807, 2.05) is 0 Å². The van der Waals surface area contributed by atoms with E-state index in [9.17, 15) is 14.9 Å². The molecule has 0 bridgehead atoms. The standard InChI is InChI=1S/C14H11BrN2O3/c15-12-5-6-13(14(7-12)17(19)20)16-8-10-1-3-11(9-18)4-2-10/h1-7,9,16H,8H2. The molecule has 2 rings (SSSR count). The second-order valence-electron chi connectivity index (χ2n) is 4.13. The normalized spacial score (nSPS) is 10.1. The molecule has 102 valence electrons. The summed E-state index contributed by atoms with van der Waals surface area (Å²) in [7, 11) is 0. The SMILES string of the molecule is O=Cc1ccc(CNc2ccc(Br)cc2[N+](=O)[O-])cc1. The number of nitrogens with one attached hydrogen (secondary N) is 1. The number of carbonyl (C=O) groups is 1. The smallest absolute Gasteiger partial charge is 0.293 e. The van der Waals surface area contributed by atoms with E-state index in [2.05, 4.69) is 21.2 Å². The van der Waals surface area contributed by atoms with Crippen LogP contribution in [0.2, 0.25) is 0 Å². The number of rotatable bonds is 5. The fraction of sp³-hybridized carbons (Fsp3) is 0.0714. The van der Waals surface area contributed by atoms with E-state index in [-0.39, 0.29) is 5.69 Å². The van der Waals surface area contributed by atoms with Crippen LogP contribution in [0.25, 0.3) is 0 Å². The van der Waals surface area contributed by atoms with Crippen LogP contribution in [0.1, 0.15) is 15.9 Å². The van der Waals surface area contributed by atoms with Gasteiger partial charge in [-0.1, -0.05) is 40.2 Å². The number of halogens is 1. The zero-order chi connectivity index (χ0) is 14.5. The van der Waals surface area contributed by atoms with Gasteiger partial charge >= 0.3 is 0 Å². The molecule has 1 N–H and O–H groups in total. The molecule has 6 heteroatoms. The molecule has 0 fully saturated rings. The van der Waals surface area contributed by atoms with E-state index < -0.39 is 4.92 Å². The van der Waals surface area contributed by atoms with E-state index in [1.54, 1.807) is 36.4 Å². The Balaban J connectivity index is 2.13. The highest BCUT2D eigenvalue weighted by atomic mass is 79.9. The van der Waals surface area contributed by atoms with Crippen molar-refractivity contribution in [1.82, 2.24) is 0 Å². The van der Waals surface area contributed by atoms with Crippen LogP contribution < -0.4 is 5.32 Å². The van der Waals surface area contributed by atoms with Crippen molar-refractivity contribution in [2.45, 2.75) is 6.54 Å². The zero-order valence-electron chi connectivity index (χ0n) is 10.4. The monoisotopic (exact) mass is 334 g/mol. The van der Waals surface area contributed by atoms with Crippen molar-refractivity contribution in [3.05, 3.63) is 68.2 Å². The van der Waals surface area contributed by atoms with Crippen LogP contribution in [0.4, 0.5) is 11.4 Å². The number of hydrogen-bond acceptors (Lipinski definition) is 4.